The Kier molecular flexibility index (Phi) is 3.58. The third-order valence-electron chi connectivity index (χ3n) is 4.35. The van der Waals surface area contributed by atoms with Crippen molar-refractivity contribution >= 4 is 0 Å². The lowest BCUT2D eigenvalue weighted by atomic mass is 9.90. The van der Waals surface area contributed by atoms with Crippen molar-refractivity contribution in [2.75, 3.05) is 13.7 Å². The van der Waals surface area contributed by atoms with Crippen LogP contribution >= 0.6 is 0 Å². The summed E-state index contributed by atoms with van der Waals surface area (Å²) in [6.45, 7) is 5.10. The van der Waals surface area contributed by atoms with Crippen molar-refractivity contribution in [3.8, 4) is 0 Å². The van der Waals surface area contributed by atoms with Crippen LogP contribution in [0.2, 0.25) is 0 Å². The van der Waals surface area contributed by atoms with Gasteiger partial charge in [0.05, 0.1) is 19.3 Å². The fraction of sp³-hybridized carbons (Fsp3) is 0.625. The maximum atomic E-state index is 6.10. The number of hydrogen-bond acceptors (Lipinski definition) is 4. The molecule has 2 aliphatic rings. The lowest BCUT2D eigenvalue weighted by molar-refractivity contribution is -0.288. The molecule has 110 valence electrons. The minimum atomic E-state index is -0.668. The largest absolute Gasteiger partial charge is 0.378 e. The van der Waals surface area contributed by atoms with Gasteiger partial charge in [-0.1, -0.05) is 30.3 Å². The molecule has 0 aliphatic carbocycles. The lowest BCUT2D eigenvalue weighted by Gasteiger charge is -2.43. The van der Waals surface area contributed by atoms with Crippen LogP contribution in [0.25, 0.3) is 0 Å². The minimum absolute atomic E-state index is 0.00107. The normalized spacial score (nSPS) is 40.0. The molecule has 4 atom stereocenters. The second kappa shape index (κ2) is 5.11. The van der Waals surface area contributed by atoms with Crippen LogP contribution < -0.4 is 0 Å². The van der Waals surface area contributed by atoms with Crippen LogP contribution in [0, 0.1) is 0 Å². The van der Waals surface area contributed by atoms with Gasteiger partial charge in [-0.2, -0.15) is 0 Å². The lowest BCUT2D eigenvalue weighted by Crippen LogP contribution is -2.56. The summed E-state index contributed by atoms with van der Waals surface area (Å²) in [7, 11) is 1.72. The van der Waals surface area contributed by atoms with E-state index in [2.05, 4.69) is 12.1 Å². The van der Waals surface area contributed by atoms with E-state index < -0.39 is 5.79 Å². The first-order chi connectivity index (χ1) is 9.56. The van der Waals surface area contributed by atoms with Crippen LogP contribution in [0.1, 0.15) is 25.8 Å². The quantitative estimate of drug-likeness (QED) is 0.848. The molecule has 2 saturated heterocycles. The minimum Gasteiger partial charge on any atom is -0.378 e. The summed E-state index contributed by atoms with van der Waals surface area (Å²) in [5.74, 6) is -0.668. The third-order valence-corrected chi connectivity index (χ3v) is 4.35. The van der Waals surface area contributed by atoms with Gasteiger partial charge in [0, 0.05) is 13.5 Å². The number of hydrogen-bond donors (Lipinski definition) is 0. The number of benzene rings is 1. The second-order valence-electron chi connectivity index (χ2n) is 5.96. The smallest absolute Gasteiger partial charge is 0.192 e. The molecule has 4 unspecified atom stereocenters. The molecule has 0 spiro atoms. The van der Waals surface area contributed by atoms with E-state index in [1.807, 2.05) is 32.0 Å². The predicted octanol–water partition coefficient (Wildman–Crippen LogP) is 2.51. The van der Waals surface area contributed by atoms with Crippen molar-refractivity contribution in [2.24, 2.45) is 0 Å². The average molecular weight is 278 g/mol. The molecule has 0 N–H and O–H groups in total. The topological polar surface area (TPSA) is 36.9 Å². The first-order valence-corrected chi connectivity index (χ1v) is 7.08. The van der Waals surface area contributed by atoms with Crippen LogP contribution in [0.4, 0.5) is 0 Å². The van der Waals surface area contributed by atoms with Gasteiger partial charge < -0.3 is 18.9 Å². The maximum Gasteiger partial charge on any atom is 0.192 e. The number of ether oxygens (including phenoxy) is 4. The molecule has 2 bridgehead atoms. The molecule has 2 aliphatic heterocycles. The highest BCUT2D eigenvalue weighted by Crippen LogP contribution is 2.45. The van der Waals surface area contributed by atoms with Gasteiger partial charge in [0.25, 0.3) is 0 Å². The molecular formula is C16H22O4. The van der Waals surface area contributed by atoms with Crippen LogP contribution in [0.5, 0.6) is 0 Å². The zero-order valence-electron chi connectivity index (χ0n) is 12.3. The predicted molar refractivity (Wildman–Crippen MR) is 74.3 cm³/mol. The zero-order valence-corrected chi connectivity index (χ0v) is 12.3. The van der Waals surface area contributed by atoms with E-state index in [4.69, 9.17) is 18.9 Å². The summed E-state index contributed by atoms with van der Waals surface area (Å²) in [5, 5.41) is 0. The molecule has 20 heavy (non-hydrogen) atoms. The SMILES string of the molecule is COC1CC(OCc2ccccc2)C2(C)OCC1(C)O2. The highest BCUT2D eigenvalue weighted by molar-refractivity contribution is 5.13. The van der Waals surface area contributed by atoms with Crippen molar-refractivity contribution < 1.29 is 18.9 Å². The summed E-state index contributed by atoms with van der Waals surface area (Å²) in [4.78, 5) is 0. The van der Waals surface area contributed by atoms with Gasteiger partial charge in [-0.25, -0.2) is 0 Å². The van der Waals surface area contributed by atoms with Gasteiger partial charge in [0.15, 0.2) is 5.79 Å². The van der Waals surface area contributed by atoms with E-state index in [0.29, 0.717) is 13.2 Å². The van der Waals surface area contributed by atoms with Gasteiger partial charge in [-0.05, 0) is 19.4 Å². The van der Waals surface area contributed by atoms with E-state index in [-0.39, 0.29) is 17.8 Å². The Bertz CT molecular complexity index is 463. The molecule has 0 saturated carbocycles. The summed E-state index contributed by atoms with van der Waals surface area (Å²) in [5.41, 5.74) is 0.784. The van der Waals surface area contributed by atoms with Gasteiger partial charge >= 0.3 is 0 Å². The highest BCUT2D eigenvalue weighted by Gasteiger charge is 2.59. The van der Waals surface area contributed by atoms with E-state index in [9.17, 15) is 0 Å². The van der Waals surface area contributed by atoms with Gasteiger partial charge in [-0.15, -0.1) is 0 Å². The molecule has 1 aromatic rings. The summed E-state index contributed by atoms with van der Waals surface area (Å²) in [6, 6.07) is 10.1. The van der Waals surface area contributed by atoms with Crippen LogP contribution in [-0.4, -0.2) is 37.3 Å². The van der Waals surface area contributed by atoms with Crippen LogP contribution in [0.15, 0.2) is 30.3 Å². The zero-order chi connectivity index (χ0) is 14.2. The van der Waals surface area contributed by atoms with Crippen molar-refractivity contribution in [3.05, 3.63) is 35.9 Å². The summed E-state index contributed by atoms with van der Waals surface area (Å²) in [6.07, 6.45) is 0.665. The highest BCUT2D eigenvalue weighted by atomic mass is 16.8. The molecule has 2 heterocycles. The van der Waals surface area contributed by atoms with E-state index in [1.165, 1.54) is 0 Å². The first kappa shape index (κ1) is 14.0. The summed E-state index contributed by atoms with van der Waals surface area (Å²) < 4.78 is 23.6. The van der Waals surface area contributed by atoms with Crippen LogP contribution in [-0.2, 0) is 25.6 Å². The second-order valence-corrected chi connectivity index (χ2v) is 5.96. The fourth-order valence-corrected chi connectivity index (χ4v) is 3.12. The molecule has 0 aromatic heterocycles. The standard InChI is InChI=1S/C16H22O4/c1-15-11-19-16(2,20-15)14(9-13(15)17-3)18-10-12-7-5-4-6-8-12/h4-8,13-14H,9-11H2,1-3H3. The van der Waals surface area contributed by atoms with Crippen molar-refractivity contribution in [3.63, 3.8) is 0 Å². The van der Waals surface area contributed by atoms with E-state index >= 15 is 0 Å². The number of rotatable bonds is 4. The Hall–Kier alpha value is -0.940. The Labute approximate surface area is 120 Å². The first-order valence-electron chi connectivity index (χ1n) is 7.08. The van der Waals surface area contributed by atoms with Crippen molar-refractivity contribution in [1.82, 2.24) is 0 Å². The van der Waals surface area contributed by atoms with Crippen molar-refractivity contribution in [1.29, 1.82) is 0 Å². The number of methoxy groups -OCH3 is 1. The average Bonchev–Trinajstić information content (AvgIpc) is 2.73. The number of fused-ring (bicyclic) bond motifs is 2. The fourth-order valence-electron chi connectivity index (χ4n) is 3.12. The monoisotopic (exact) mass is 278 g/mol. The molecule has 2 fully saturated rings. The Morgan fingerprint density at radius 2 is 1.95 bits per heavy atom. The van der Waals surface area contributed by atoms with Gasteiger partial charge in [0.1, 0.15) is 11.7 Å². The molecule has 0 radical (unpaired) electrons. The summed E-state index contributed by atoms with van der Waals surface area (Å²) >= 11 is 0. The van der Waals surface area contributed by atoms with E-state index in [1.54, 1.807) is 7.11 Å². The molecular weight excluding hydrogens is 256 g/mol. The molecule has 0 amide bonds. The third kappa shape index (κ3) is 2.37. The maximum absolute atomic E-state index is 6.10. The Morgan fingerprint density at radius 3 is 2.65 bits per heavy atom. The van der Waals surface area contributed by atoms with Crippen LogP contribution in [0.3, 0.4) is 0 Å². The van der Waals surface area contributed by atoms with E-state index in [0.717, 1.165) is 12.0 Å². The van der Waals surface area contributed by atoms with Gasteiger partial charge in [0.2, 0.25) is 0 Å². The molecule has 4 heteroatoms. The Morgan fingerprint density at radius 1 is 1.20 bits per heavy atom. The van der Waals surface area contributed by atoms with Gasteiger partial charge in [-0.3, -0.25) is 0 Å². The molecule has 3 rings (SSSR count). The molecule has 1 aromatic carbocycles. The molecule has 4 nitrogen and oxygen atoms in total. The Balaban J connectivity index is 1.70. The van der Waals surface area contributed by atoms with Crippen molar-refractivity contribution in [2.45, 2.75) is 50.5 Å².